The van der Waals surface area contributed by atoms with Crippen LogP contribution in [0.4, 0.5) is 0 Å². The molecule has 0 amide bonds. The van der Waals surface area contributed by atoms with E-state index in [1.165, 1.54) is 0 Å². The molecule has 4 rings (SSSR count). The van der Waals surface area contributed by atoms with Gasteiger partial charge in [0.1, 0.15) is 11.7 Å². The molecule has 0 aromatic rings. The summed E-state index contributed by atoms with van der Waals surface area (Å²) < 4.78 is 24.1. The fourth-order valence-corrected chi connectivity index (χ4v) is 5.35. The number of methoxy groups -OCH3 is 1. The van der Waals surface area contributed by atoms with E-state index >= 15 is 0 Å². The lowest BCUT2D eigenvalue weighted by Gasteiger charge is -2.58. The molecule has 2 bridgehead atoms. The van der Waals surface area contributed by atoms with Gasteiger partial charge in [-0.25, -0.2) is 0 Å². The Kier molecular flexibility index (Phi) is 3.03. The Morgan fingerprint density at radius 1 is 1.19 bits per heavy atom. The third-order valence-corrected chi connectivity index (χ3v) is 6.50. The lowest BCUT2D eigenvalue weighted by molar-refractivity contribution is -0.335. The van der Waals surface area contributed by atoms with Gasteiger partial charge in [-0.1, -0.05) is 13.8 Å². The van der Waals surface area contributed by atoms with E-state index in [4.69, 9.17) is 18.9 Å². The number of hydrogen-bond donors (Lipinski definition) is 1. The Hall–Kier alpha value is -0.200. The van der Waals surface area contributed by atoms with Crippen LogP contribution in [0.15, 0.2) is 0 Å². The van der Waals surface area contributed by atoms with Gasteiger partial charge in [0, 0.05) is 18.9 Å². The fourth-order valence-electron chi connectivity index (χ4n) is 5.35. The van der Waals surface area contributed by atoms with Gasteiger partial charge < -0.3 is 24.1 Å². The highest BCUT2D eigenvalue weighted by Crippen LogP contribution is 2.63. The van der Waals surface area contributed by atoms with Crippen LogP contribution in [-0.4, -0.2) is 42.3 Å². The monoisotopic (exact) mass is 298 g/mol. The minimum absolute atomic E-state index is 0.261. The summed E-state index contributed by atoms with van der Waals surface area (Å²) in [6, 6.07) is 0. The molecule has 1 saturated carbocycles. The molecule has 4 aliphatic rings. The number of fused-ring (bicyclic) bond motifs is 1. The molecule has 5 nitrogen and oxygen atoms in total. The maximum absolute atomic E-state index is 10.5. The van der Waals surface area contributed by atoms with Crippen LogP contribution in [0.2, 0.25) is 0 Å². The molecule has 21 heavy (non-hydrogen) atoms. The van der Waals surface area contributed by atoms with Gasteiger partial charge >= 0.3 is 0 Å². The lowest BCUT2D eigenvalue weighted by atomic mass is 9.57. The van der Waals surface area contributed by atoms with Crippen molar-refractivity contribution in [2.24, 2.45) is 23.7 Å². The first-order chi connectivity index (χ1) is 9.92. The van der Waals surface area contributed by atoms with Crippen LogP contribution in [0.25, 0.3) is 0 Å². The van der Waals surface area contributed by atoms with E-state index < -0.39 is 23.8 Å². The van der Waals surface area contributed by atoms with E-state index in [9.17, 15) is 5.11 Å². The summed E-state index contributed by atoms with van der Waals surface area (Å²) >= 11 is 0. The van der Waals surface area contributed by atoms with Crippen molar-refractivity contribution in [1.29, 1.82) is 0 Å². The molecule has 3 saturated heterocycles. The first kappa shape index (κ1) is 14.4. The average Bonchev–Trinajstić information content (AvgIpc) is 2.70. The molecule has 1 N–H and O–H groups in total. The molecule has 0 radical (unpaired) electrons. The quantitative estimate of drug-likeness (QED) is 0.801. The highest BCUT2D eigenvalue weighted by molar-refractivity contribution is 5.14. The minimum atomic E-state index is -0.946. The van der Waals surface area contributed by atoms with Crippen LogP contribution in [0.1, 0.15) is 40.0 Å². The number of aliphatic hydroxyl groups excluding tert-OH is 1. The summed E-state index contributed by atoms with van der Waals surface area (Å²) in [5.41, 5.74) is -0.417. The number of ether oxygens (including phenoxy) is 4. The Labute approximate surface area is 125 Å². The SMILES string of the molecule is CO[C@H]1O[C@@H]2O[C@]3(C)O[C@]24[C@@H](CC[C@@H](C)[C@@H]4C[C@H]3O)[C@H]1C. The Bertz CT molecular complexity index is 442. The summed E-state index contributed by atoms with van der Waals surface area (Å²) in [5, 5.41) is 10.5. The maximum Gasteiger partial charge on any atom is 0.195 e. The van der Waals surface area contributed by atoms with Crippen LogP contribution >= 0.6 is 0 Å². The molecule has 120 valence electrons. The van der Waals surface area contributed by atoms with Crippen LogP contribution in [-0.2, 0) is 18.9 Å². The van der Waals surface area contributed by atoms with Gasteiger partial charge in [0.2, 0.25) is 0 Å². The van der Waals surface area contributed by atoms with Crippen LogP contribution in [0, 0.1) is 23.7 Å². The van der Waals surface area contributed by atoms with Gasteiger partial charge in [0.05, 0.1) is 0 Å². The number of hydrogen-bond acceptors (Lipinski definition) is 5. The molecular weight excluding hydrogens is 272 g/mol. The summed E-state index contributed by atoms with van der Waals surface area (Å²) in [5.74, 6) is 0.476. The van der Waals surface area contributed by atoms with Crippen LogP contribution in [0.3, 0.4) is 0 Å². The molecule has 5 heteroatoms. The predicted octanol–water partition coefficient (Wildman–Crippen LogP) is 1.88. The van der Waals surface area contributed by atoms with Gasteiger partial charge in [-0.3, -0.25) is 0 Å². The standard InChI is InChI=1S/C16H26O5/c1-8-5-6-10-9(2)13(18-4)19-14-16(10)11(8)7-12(17)15(3,20-14)21-16/h8-14,17H,5-7H2,1-4H3/t8-,9-,10+,11+,12-,13+,14-,15-,16+/m1/s1. The molecule has 3 heterocycles. The molecule has 1 spiro atoms. The molecule has 0 aromatic heterocycles. The smallest absolute Gasteiger partial charge is 0.195 e. The van der Waals surface area contributed by atoms with E-state index in [1.54, 1.807) is 7.11 Å². The Morgan fingerprint density at radius 3 is 2.67 bits per heavy atom. The molecule has 1 aliphatic carbocycles. The molecular formula is C16H26O5. The first-order valence-electron chi connectivity index (χ1n) is 8.16. The second-order valence-corrected chi connectivity index (χ2v) is 7.54. The fraction of sp³-hybridized carbons (Fsp3) is 1.00. The van der Waals surface area contributed by atoms with Crippen molar-refractivity contribution in [1.82, 2.24) is 0 Å². The second-order valence-electron chi connectivity index (χ2n) is 7.54. The molecule has 9 atom stereocenters. The Balaban J connectivity index is 1.80. The van der Waals surface area contributed by atoms with Gasteiger partial charge in [0.15, 0.2) is 18.4 Å². The zero-order valence-corrected chi connectivity index (χ0v) is 13.2. The topological polar surface area (TPSA) is 57.2 Å². The van der Waals surface area contributed by atoms with E-state index in [0.29, 0.717) is 11.8 Å². The normalized spacial score (nSPS) is 62.4. The number of rotatable bonds is 1. The minimum Gasteiger partial charge on any atom is -0.388 e. The summed E-state index contributed by atoms with van der Waals surface area (Å²) in [4.78, 5) is 0. The zero-order chi connectivity index (χ0) is 15.0. The predicted molar refractivity (Wildman–Crippen MR) is 74.1 cm³/mol. The zero-order valence-electron chi connectivity index (χ0n) is 13.2. The summed E-state index contributed by atoms with van der Waals surface area (Å²) in [6.07, 6.45) is 1.71. The van der Waals surface area contributed by atoms with Crippen LogP contribution in [0.5, 0.6) is 0 Å². The van der Waals surface area contributed by atoms with E-state index in [2.05, 4.69) is 13.8 Å². The maximum atomic E-state index is 10.5. The third kappa shape index (κ3) is 1.64. The lowest BCUT2D eigenvalue weighted by Crippen LogP contribution is -2.67. The highest BCUT2D eigenvalue weighted by Gasteiger charge is 2.73. The third-order valence-electron chi connectivity index (χ3n) is 6.50. The van der Waals surface area contributed by atoms with Crippen molar-refractivity contribution in [2.75, 3.05) is 7.11 Å². The van der Waals surface area contributed by atoms with Crippen molar-refractivity contribution < 1.29 is 24.1 Å². The van der Waals surface area contributed by atoms with Crippen molar-refractivity contribution in [3.63, 3.8) is 0 Å². The van der Waals surface area contributed by atoms with Crippen molar-refractivity contribution in [3.05, 3.63) is 0 Å². The van der Waals surface area contributed by atoms with Gasteiger partial charge in [-0.15, -0.1) is 0 Å². The first-order valence-corrected chi connectivity index (χ1v) is 8.16. The average molecular weight is 298 g/mol. The number of aliphatic hydroxyl groups is 1. The van der Waals surface area contributed by atoms with E-state index in [1.807, 2.05) is 6.92 Å². The summed E-state index contributed by atoms with van der Waals surface area (Å²) in [6.45, 7) is 6.28. The molecule has 4 fully saturated rings. The molecule has 3 aliphatic heterocycles. The van der Waals surface area contributed by atoms with Crippen molar-refractivity contribution >= 4 is 0 Å². The molecule has 0 unspecified atom stereocenters. The van der Waals surface area contributed by atoms with E-state index in [-0.39, 0.29) is 18.1 Å². The largest absolute Gasteiger partial charge is 0.388 e. The van der Waals surface area contributed by atoms with Crippen molar-refractivity contribution in [3.8, 4) is 0 Å². The second kappa shape index (κ2) is 4.42. The van der Waals surface area contributed by atoms with Gasteiger partial charge in [-0.2, -0.15) is 0 Å². The van der Waals surface area contributed by atoms with Crippen LogP contribution < -0.4 is 0 Å². The van der Waals surface area contributed by atoms with E-state index in [0.717, 1.165) is 19.3 Å². The van der Waals surface area contributed by atoms with Gasteiger partial charge in [-0.05, 0) is 38.0 Å². The Morgan fingerprint density at radius 2 is 1.95 bits per heavy atom. The van der Waals surface area contributed by atoms with Crippen molar-refractivity contribution in [2.45, 2.75) is 70.1 Å². The highest BCUT2D eigenvalue weighted by atomic mass is 16.9. The molecule has 0 aromatic carbocycles. The summed E-state index contributed by atoms with van der Waals surface area (Å²) in [7, 11) is 1.68. The van der Waals surface area contributed by atoms with Gasteiger partial charge in [0.25, 0.3) is 0 Å².